The molecule has 0 aromatic heterocycles. The zero-order valence-corrected chi connectivity index (χ0v) is 10.5. The van der Waals surface area contributed by atoms with E-state index in [0.717, 1.165) is 19.3 Å². The second kappa shape index (κ2) is 5.27. The largest absolute Gasteiger partial charge is 0.326 e. The van der Waals surface area contributed by atoms with E-state index in [1.54, 1.807) is 4.31 Å². The summed E-state index contributed by atoms with van der Waals surface area (Å²) in [6.45, 7) is 5.19. The van der Waals surface area contributed by atoms with Crippen molar-refractivity contribution in [1.29, 1.82) is 0 Å². The third-order valence-electron chi connectivity index (χ3n) is 3.18. The fraction of sp³-hybridized carbons (Fsp3) is 1.00. The molecule has 0 aliphatic carbocycles. The molecule has 0 bridgehead atoms. The lowest BCUT2D eigenvalue weighted by Gasteiger charge is -2.19. The number of rotatable bonds is 5. The predicted molar refractivity (Wildman–Crippen MR) is 62.0 cm³/mol. The van der Waals surface area contributed by atoms with Crippen molar-refractivity contribution in [3.05, 3.63) is 0 Å². The third-order valence-corrected chi connectivity index (χ3v) is 5.19. The Labute approximate surface area is 92.9 Å². The summed E-state index contributed by atoms with van der Waals surface area (Å²) in [5, 5.41) is 0. The fourth-order valence-corrected chi connectivity index (χ4v) is 4.01. The van der Waals surface area contributed by atoms with Crippen LogP contribution < -0.4 is 5.73 Å². The van der Waals surface area contributed by atoms with Crippen LogP contribution in [0.2, 0.25) is 0 Å². The van der Waals surface area contributed by atoms with Gasteiger partial charge in [0.15, 0.2) is 0 Å². The van der Waals surface area contributed by atoms with Crippen LogP contribution in [0.1, 0.15) is 33.1 Å². The molecule has 0 aromatic carbocycles. The van der Waals surface area contributed by atoms with E-state index in [1.165, 1.54) is 0 Å². The summed E-state index contributed by atoms with van der Waals surface area (Å²) < 4.78 is 25.5. The van der Waals surface area contributed by atoms with E-state index in [0.29, 0.717) is 13.1 Å². The van der Waals surface area contributed by atoms with Crippen molar-refractivity contribution in [3.63, 3.8) is 0 Å². The second-order valence-corrected chi connectivity index (χ2v) is 6.38. The Morgan fingerprint density at radius 2 is 2.00 bits per heavy atom. The van der Waals surface area contributed by atoms with Crippen LogP contribution in [0.3, 0.4) is 0 Å². The first-order valence-electron chi connectivity index (χ1n) is 5.73. The Morgan fingerprint density at radius 1 is 1.40 bits per heavy atom. The summed E-state index contributed by atoms with van der Waals surface area (Å²) in [5.41, 5.74) is 5.71. The molecule has 4 nitrogen and oxygen atoms in total. The highest BCUT2D eigenvalue weighted by atomic mass is 32.2. The van der Waals surface area contributed by atoms with Gasteiger partial charge in [0.05, 0.1) is 5.75 Å². The quantitative estimate of drug-likeness (QED) is 0.765. The van der Waals surface area contributed by atoms with Gasteiger partial charge in [-0.15, -0.1) is 0 Å². The molecule has 0 radical (unpaired) electrons. The van der Waals surface area contributed by atoms with Crippen LogP contribution in [-0.2, 0) is 10.0 Å². The summed E-state index contributed by atoms with van der Waals surface area (Å²) in [7, 11) is -3.06. The van der Waals surface area contributed by atoms with Gasteiger partial charge < -0.3 is 5.73 Å². The van der Waals surface area contributed by atoms with Crippen LogP contribution in [0.4, 0.5) is 0 Å². The third kappa shape index (κ3) is 3.43. The van der Waals surface area contributed by atoms with Crippen molar-refractivity contribution in [1.82, 2.24) is 4.31 Å². The Hall–Kier alpha value is -0.130. The van der Waals surface area contributed by atoms with Gasteiger partial charge in [0, 0.05) is 19.1 Å². The Balaban J connectivity index is 2.59. The maximum Gasteiger partial charge on any atom is 0.214 e. The van der Waals surface area contributed by atoms with Crippen molar-refractivity contribution in [2.24, 2.45) is 11.7 Å². The Kier molecular flexibility index (Phi) is 4.55. The van der Waals surface area contributed by atoms with Gasteiger partial charge in [0.1, 0.15) is 0 Å². The molecule has 1 atom stereocenters. The molecule has 1 rings (SSSR count). The minimum absolute atomic E-state index is 0.0291. The average Bonchev–Trinajstić information content (AvgIpc) is 2.62. The van der Waals surface area contributed by atoms with E-state index >= 15 is 0 Å². The molecule has 1 aliphatic rings. The summed E-state index contributed by atoms with van der Waals surface area (Å²) in [6, 6.07) is 0.0291. The predicted octanol–water partition coefficient (Wildman–Crippen LogP) is 0.785. The molecule has 1 heterocycles. The number of hydrogen-bond donors (Lipinski definition) is 1. The van der Waals surface area contributed by atoms with Crippen molar-refractivity contribution < 1.29 is 8.42 Å². The zero-order valence-electron chi connectivity index (χ0n) is 9.65. The van der Waals surface area contributed by atoms with Crippen LogP contribution in [-0.4, -0.2) is 37.6 Å². The zero-order chi connectivity index (χ0) is 11.5. The molecule has 0 unspecified atom stereocenters. The van der Waals surface area contributed by atoms with E-state index in [2.05, 4.69) is 0 Å². The van der Waals surface area contributed by atoms with Crippen LogP contribution in [0.5, 0.6) is 0 Å². The molecule has 15 heavy (non-hydrogen) atoms. The van der Waals surface area contributed by atoms with Gasteiger partial charge >= 0.3 is 0 Å². The number of nitrogens with two attached hydrogens (primary N) is 1. The van der Waals surface area contributed by atoms with Gasteiger partial charge in [-0.2, -0.15) is 0 Å². The summed E-state index contributed by atoms with van der Waals surface area (Å²) in [6.07, 6.45) is 2.65. The number of hydrogen-bond acceptors (Lipinski definition) is 3. The van der Waals surface area contributed by atoms with E-state index in [4.69, 9.17) is 5.73 Å². The summed E-state index contributed by atoms with van der Waals surface area (Å²) in [5.74, 6) is 0.569. The van der Waals surface area contributed by atoms with E-state index in [9.17, 15) is 8.42 Å². The molecule has 2 N–H and O–H groups in total. The Morgan fingerprint density at radius 3 is 2.40 bits per heavy atom. The van der Waals surface area contributed by atoms with Crippen LogP contribution in [0.15, 0.2) is 0 Å². The molecule has 1 aliphatic heterocycles. The maximum atomic E-state index is 12.0. The van der Waals surface area contributed by atoms with Crippen molar-refractivity contribution in [2.45, 2.75) is 39.2 Å². The molecule has 1 fully saturated rings. The molecule has 90 valence electrons. The highest BCUT2D eigenvalue weighted by molar-refractivity contribution is 7.89. The fourth-order valence-electron chi connectivity index (χ4n) is 1.93. The van der Waals surface area contributed by atoms with E-state index < -0.39 is 10.0 Å². The van der Waals surface area contributed by atoms with Crippen LogP contribution in [0, 0.1) is 5.92 Å². The van der Waals surface area contributed by atoms with Gasteiger partial charge in [-0.1, -0.05) is 26.7 Å². The smallest absolute Gasteiger partial charge is 0.214 e. The Bertz CT molecular complexity index is 286. The molecule has 0 spiro atoms. The lowest BCUT2D eigenvalue weighted by molar-refractivity contribution is 0.451. The van der Waals surface area contributed by atoms with Gasteiger partial charge in [0.2, 0.25) is 10.0 Å². The SMILES string of the molecule is CCC(CC)CS(=O)(=O)N1CC[C@@H](N)C1. The molecule has 5 heteroatoms. The van der Waals surface area contributed by atoms with Crippen molar-refractivity contribution in [3.8, 4) is 0 Å². The minimum Gasteiger partial charge on any atom is -0.326 e. The molecule has 0 aromatic rings. The van der Waals surface area contributed by atoms with E-state index in [-0.39, 0.29) is 17.7 Å². The average molecular weight is 234 g/mol. The highest BCUT2D eigenvalue weighted by Gasteiger charge is 2.30. The lowest BCUT2D eigenvalue weighted by atomic mass is 10.1. The maximum absolute atomic E-state index is 12.0. The molecule has 1 saturated heterocycles. The second-order valence-electron chi connectivity index (χ2n) is 4.37. The first kappa shape index (κ1) is 12.9. The van der Waals surface area contributed by atoms with E-state index in [1.807, 2.05) is 13.8 Å². The topological polar surface area (TPSA) is 63.4 Å². The van der Waals surface area contributed by atoms with Crippen molar-refractivity contribution >= 4 is 10.0 Å². The van der Waals surface area contributed by atoms with Gasteiger partial charge in [-0.3, -0.25) is 0 Å². The molecule has 0 saturated carbocycles. The minimum atomic E-state index is -3.06. The standard InChI is InChI=1S/C10H22N2O2S/c1-3-9(4-2)8-15(13,14)12-6-5-10(11)7-12/h9-10H,3-8,11H2,1-2H3/t10-/m1/s1. The first-order chi connectivity index (χ1) is 6.99. The van der Waals surface area contributed by atoms with Crippen LogP contribution >= 0.6 is 0 Å². The number of nitrogens with zero attached hydrogens (tertiary/aromatic N) is 1. The van der Waals surface area contributed by atoms with Crippen molar-refractivity contribution in [2.75, 3.05) is 18.8 Å². The normalized spacial score (nSPS) is 23.9. The number of sulfonamides is 1. The van der Waals surface area contributed by atoms with Gasteiger partial charge in [-0.05, 0) is 12.3 Å². The van der Waals surface area contributed by atoms with Crippen LogP contribution in [0.25, 0.3) is 0 Å². The monoisotopic (exact) mass is 234 g/mol. The summed E-state index contributed by atoms with van der Waals surface area (Å²) in [4.78, 5) is 0. The summed E-state index contributed by atoms with van der Waals surface area (Å²) >= 11 is 0. The first-order valence-corrected chi connectivity index (χ1v) is 7.33. The highest BCUT2D eigenvalue weighted by Crippen LogP contribution is 2.18. The molecular weight excluding hydrogens is 212 g/mol. The van der Waals surface area contributed by atoms with Gasteiger partial charge in [-0.25, -0.2) is 12.7 Å². The molecule has 0 amide bonds. The lowest BCUT2D eigenvalue weighted by Crippen LogP contribution is -2.35. The van der Waals surface area contributed by atoms with Gasteiger partial charge in [0.25, 0.3) is 0 Å². The molecular formula is C10H22N2O2S.